The van der Waals surface area contributed by atoms with E-state index >= 15 is 0 Å². The van der Waals surface area contributed by atoms with E-state index in [0.717, 1.165) is 0 Å². The molecule has 22 heavy (non-hydrogen) atoms. The molecule has 7 heteroatoms. The second-order valence-corrected chi connectivity index (χ2v) is 5.35. The van der Waals surface area contributed by atoms with Crippen molar-refractivity contribution >= 4 is 17.0 Å². The molecule has 1 unspecified atom stereocenters. The van der Waals surface area contributed by atoms with Crippen molar-refractivity contribution in [1.82, 2.24) is 5.32 Å². The number of ether oxygens (including phenoxy) is 1. The minimum atomic E-state index is -1.68. The molecule has 0 bridgehead atoms. The third-order valence-corrected chi connectivity index (χ3v) is 3.67. The summed E-state index contributed by atoms with van der Waals surface area (Å²) in [6, 6.07) is 12.3. The van der Waals surface area contributed by atoms with Crippen molar-refractivity contribution in [2.24, 2.45) is 0 Å². The molecule has 0 aromatic heterocycles. The Kier molecular flexibility index (Phi) is 5.37. The monoisotopic (exact) mass is 321 g/mol. The average molecular weight is 321 g/mol. The van der Waals surface area contributed by atoms with Crippen molar-refractivity contribution in [3.8, 4) is 17.2 Å². The summed E-state index contributed by atoms with van der Waals surface area (Å²) < 4.78 is 22.6. The van der Waals surface area contributed by atoms with Crippen molar-refractivity contribution in [2.45, 2.75) is 4.90 Å². The zero-order valence-electron chi connectivity index (χ0n) is 11.8. The third-order valence-electron chi connectivity index (χ3n) is 2.67. The Bertz CT molecular complexity index is 655. The first-order valence-electron chi connectivity index (χ1n) is 6.41. The van der Waals surface area contributed by atoms with Gasteiger partial charge in [0.1, 0.15) is 17.2 Å². The molecular formula is C15H15NO5S. The van der Waals surface area contributed by atoms with Crippen molar-refractivity contribution in [3.63, 3.8) is 0 Å². The van der Waals surface area contributed by atoms with Crippen LogP contribution in [0.5, 0.6) is 17.2 Å². The van der Waals surface area contributed by atoms with Gasteiger partial charge in [-0.05, 0) is 48.5 Å². The lowest BCUT2D eigenvalue weighted by atomic mass is 10.3. The van der Waals surface area contributed by atoms with E-state index in [0.29, 0.717) is 16.4 Å². The Morgan fingerprint density at radius 2 is 1.68 bits per heavy atom. The number of carbonyl (C=O) groups is 1. The second kappa shape index (κ2) is 7.46. The topological polar surface area (TPSA) is 84.9 Å². The van der Waals surface area contributed by atoms with Crippen molar-refractivity contribution < 1.29 is 23.0 Å². The van der Waals surface area contributed by atoms with E-state index in [-0.39, 0.29) is 18.3 Å². The van der Waals surface area contributed by atoms with Gasteiger partial charge in [0.05, 0.1) is 4.90 Å². The predicted octanol–water partition coefficient (Wildman–Crippen LogP) is 1.62. The van der Waals surface area contributed by atoms with Crippen LogP contribution in [0.25, 0.3) is 0 Å². The molecule has 2 rings (SSSR count). The first-order chi connectivity index (χ1) is 10.6. The summed E-state index contributed by atoms with van der Waals surface area (Å²) in [6.07, 6.45) is 0. The van der Waals surface area contributed by atoms with Crippen LogP contribution in [0.1, 0.15) is 0 Å². The number of amides is 1. The van der Waals surface area contributed by atoms with Gasteiger partial charge in [0, 0.05) is 7.05 Å². The Hall–Kier alpha value is -2.54. The normalized spacial score (nSPS) is 11.5. The fourth-order valence-electron chi connectivity index (χ4n) is 1.51. The van der Waals surface area contributed by atoms with Crippen LogP contribution in [-0.4, -0.2) is 28.9 Å². The lowest BCUT2D eigenvalue weighted by molar-refractivity contribution is -0.122. The quantitative estimate of drug-likeness (QED) is 0.844. The molecule has 0 spiro atoms. The highest BCUT2D eigenvalue weighted by Crippen LogP contribution is 2.20. The summed E-state index contributed by atoms with van der Waals surface area (Å²) in [5, 5.41) is 11.6. The summed E-state index contributed by atoms with van der Waals surface area (Å²) in [5.74, 6) is 0.754. The molecule has 0 aliphatic carbocycles. The van der Waals surface area contributed by atoms with Gasteiger partial charge in [-0.15, -0.1) is 0 Å². The molecule has 0 aliphatic heterocycles. The lowest BCUT2D eigenvalue weighted by Crippen LogP contribution is -2.24. The Balaban J connectivity index is 1.96. The number of likely N-dealkylation sites (N-methyl/N-ethyl adjacent to an activating group) is 1. The molecule has 0 fully saturated rings. The van der Waals surface area contributed by atoms with Gasteiger partial charge < -0.3 is 19.3 Å². The van der Waals surface area contributed by atoms with Crippen molar-refractivity contribution in [1.29, 1.82) is 0 Å². The molecule has 6 nitrogen and oxygen atoms in total. The molecule has 116 valence electrons. The molecule has 0 heterocycles. The largest absolute Gasteiger partial charge is 0.508 e. The first-order valence-corrected chi connectivity index (χ1v) is 7.48. The maximum Gasteiger partial charge on any atom is 0.257 e. The molecule has 0 saturated heterocycles. The van der Waals surface area contributed by atoms with E-state index < -0.39 is 11.1 Å². The number of benzene rings is 2. The summed E-state index contributed by atoms with van der Waals surface area (Å²) in [7, 11) is 1.53. The van der Waals surface area contributed by atoms with Crippen LogP contribution >= 0.6 is 0 Å². The van der Waals surface area contributed by atoms with Gasteiger partial charge in [0.2, 0.25) is 11.1 Å². The minimum absolute atomic E-state index is 0.0804. The summed E-state index contributed by atoms with van der Waals surface area (Å²) >= 11 is -1.68. The Labute approximate surface area is 130 Å². The number of aromatic hydroxyl groups is 1. The predicted molar refractivity (Wildman–Crippen MR) is 81.1 cm³/mol. The maximum absolute atomic E-state index is 12.0. The van der Waals surface area contributed by atoms with Crippen molar-refractivity contribution in [3.05, 3.63) is 48.5 Å². The maximum atomic E-state index is 12.0. The first kappa shape index (κ1) is 15.8. The fraction of sp³-hybridized carbons (Fsp3) is 0.133. The summed E-state index contributed by atoms with van der Waals surface area (Å²) in [6.45, 7) is -0.0804. The van der Waals surface area contributed by atoms with Crippen LogP contribution in [0.2, 0.25) is 0 Å². The number of phenols is 1. The molecule has 0 radical (unpaired) electrons. The molecule has 1 amide bonds. The van der Waals surface area contributed by atoms with Crippen LogP contribution in [-0.2, 0) is 15.9 Å². The van der Waals surface area contributed by atoms with E-state index in [1.165, 1.54) is 31.3 Å². The number of phenolic OH excluding ortho intramolecular Hbond substituents is 1. The smallest absolute Gasteiger partial charge is 0.257 e. The Morgan fingerprint density at radius 1 is 1.09 bits per heavy atom. The summed E-state index contributed by atoms with van der Waals surface area (Å²) in [5.41, 5.74) is 0. The number of carbonyl (C=O) groups excluding carboxylic acids is 1. The van der Waals surface area contributed by atoms with Gasteiger partial charge >= 0.3 is 0 Å². The molecule has 2 aromatic carbocycles. The molecular weight excluding hydrogens is 306 g/mol. The highest BCUT2D eigenvalue weighted by molar-refractivity contribution is 7.80. The van der Waals surface area contributed by atoms with Gasteiger partial charge in [0.15, 0.2) is 6.61 Å². The van der Waals surface area contributed by atoms with Crippen molar-refractivity contribution in [2.75, 3.05) is 13.7 Å². The zero-order valence-corrected chi connectivity index (χ0v) is 12.6. The van der Waals surface area contributed by atoms with Gasteiger partial charge in [-0.3, -0.25) is 4.79 Å². The van der Waals surface area contributed by atoms with Crippen LogP contribution < -0.4 is 14.2 Å². The summed E-state index contributed by atoms with van der Waals surface area (Å²) in [4.78, 5) is 11.5. The second-order valence-electron chi connectivity index (χ2n) is 4.25. The highest BCUT2D eigenvalue weighted by atomic mass is 32.2. The third kappa shape index (κ3) is 4.49. The highest BCUT2D eigenvalue weighted by Gasteiger charge is 2.07. The van der Waals surface area contributed by atoms with Gasteiger partial charge in [-0.1, -0.05) is 0 Å². The molecule has 2 N–H and O–H groups in total. The SMILES string of the molecule is CNC(=O)COc1ccc(S(=O)Oc2ccc(O)cc2)cc1. The van der Waals surface area contributed by atoms with Gasteiger partial charge in [-0.25, -0.2) is 4.21 Å². The van der Waals surface area contributed by atoms with E-state index in [1.807, 2.05) is 0 Å². The average Bonchev–Trinajstić information content (AvgIpc) is 2.55. The standard InChI is InChI=1S/C15H15NO5S/c1-16-15(18)10-20-12-6-8-14(9-7-12)22(19)21-13-4-2-11(17)3-5-13/h2-9,17H,10H2,1H3,(H,16,18). The number of rotatable bonds is 6. The minimum Gasteiger partial charge on any atom is -0.508 e. The van der Waals surface area contributed by atoms with Crippen LogP contribution in [0.15, 0.2) is 53.4 Å². The Morgan fingerprint density at radius 3 is 2.27 bits per heavy atom. The number of hydrogen-bond acceptors (Lipinski definition) is 5. The molecule has 2 aromatic rings. The van der Waals surface area contributed by atoms with Gasteiger partial charge in [0.25, 0.3) is 5.91 Å². The van der Waals surface area contributed by atoms with E-state index in [4.69, 9.17) is 8.92 Å². The number of nitrogens with one attached hydrogen (secondary N) is 1. The van der Waals surface area contributed by atoms with Gasteiger partial charge in [-0.2, -0.15) is 0 Å². The molecule has 1 atom stereocenters. The van der Waals surface area contributed by atoms with E-state index in [2.05, 4.69) is 5.32 Å². The van der Waals surface area contributed by atoms with Crippen LogP contribution in [0.4, 0.5) is 0 Å². The fourth-order valence-corrected chi connectivity index (χ4v) is 2.25. The van der Waals surface area contributed by atoms with Crippen LogP contribution in [0, 0.1) is 0 Å². The van der Waals surface area contributed by atoms with E-state index in [9.17, 15) is 14.1 Å². The van der Waals surface area contributed by atoms with E-state index in [1.54, 1.807) is 24.3 Å². The molecule has 0 saturated carbocycles. The number of hydrogen-bond donors (Lipinski definition) is 2. The molecule has 0 aliphatic rings. The zero-order chi connectivity index (χ0) is 15.9. The lowest BCUT2D eigenvalue weighted by Gasteiger charge is -2.07. The van der Waals surface area contributed by atoms with Crippen LogP contribution in [0.3, 0.4) is 0 Å².